The molecular weight excluding hydrogens is 314 g/mol. The SMILES string of the molecule is Cc1cccc(C(=O)OCC(=O)N(C)[C@@H]2CCCc3ccccc32)c1. The molecule has 1 aliphatic carbocycles. The minimum Gasteiger partial charge on any atom is -0.452 e. The molecule has 1 aliphatic rings. The normalized spacial score (nSPS) is 16.0. The summed E-state index contributed by atoms with van der Waals surface area (Å²) in [5, 5.41) is 0. The molecule has 0 heterocycles. The highest BCUT2D eigenvalue weighted by molar-refractivity contribution is 5.91. The number of rotatable bonds is 4. The number of ether oxygens (including phenoxy) is 1. The van der Waals surface area contributed by atoms with Crippen LogP contribution in [0, 0.1) is 6.92 Å². The highest BCUT2D eigenvalue weighted by atomic mass is 16.5. The third-order valence-electron chi connectivity index (χ3n) is 4.78. The number of likely N-dealkylation sites (N-methyl/N-ethyl adjacent to an activating group) is 1. The van der Waals surface area contributed by atoms with Crippen LogP contribution < -0.4 is 0 Å². The van der Waals surface area contributed by atoms with Crippen molar-refractivity contribution in [2.45, 2.75) is 32.2 Å². The molecule has 0 bridgehead atoms. The van der Waals surface area contributed by atoms with Crippen LogP contribution in [0.1, 0.15) is 45.9 Å². The zero-order chi connectivity index (χ0) is 17.8. The topological polar surface area (TPSA) is 46.6 Å². The number of aryl methyl sites for hydroxylation is 2. The summed E-state index contributed by atoms with van der Waals surface area (Å²) >= 11 is 0. The molecule has 0 N–H and O–H groups in total. The van der Waals surface area contributed by atoms with Gasteiger partial charge in [0.2, 0.25) is 0 Å². The molecule has 0 unspecified atom stereocenters. The number of hydrogen-bond acceptors (Lipinski definition) is 3. The fourth-order valence-corrected chi connectivity index (χ4v) is 3.39. The van der Waals surface area contributed by atoms with E-state index in [1.54, 1.807) is 30.1 Å². The molecule has 130 valence electrons. The summed E-state index contributed by atoms with van der Waals surface area (Å²) in [5.41, 5.74) is 3.96. The molecule has 0 radical (unpaired) electrons. The summed E-state index contributed by atoms with van der Waals surface area (Å²) in [6, 6.07) is 15.5. The van der Waals surface area contributed by atoms with Gasteiger partial charge in [-0.05, 0) is 49.4 Å². The molecule has 0 spiro atoms. The minimum atomic E-state index is -0.463. The van der Waals surface area contributed by atoms with E-state index in [2.05, 4.69) is 12.1 Å². The number of nitrogens with zero attached hydrogens (tertiary/aromatic N) is 1. The zero-order valence-electron chi connectivity index (χ0n) is 14.7. The quantitative estimate of drug-likeness (QED) is 0.800. The molecule has 4 nitrogen and oxygen atoms in total. The minimum absolute atomic E-state index is 0.0510. The van der Waals surface area contributed by atoms with Crippen molar-refractivity contribution in [3.05, 3.63) is 70.8 Å². The lowest BCUT2D eigenvalue weighted by Crippen LogP contribution is -2.36. The summed E-state index contributed by atoms with van der Waals surface area (Å²) < 4.78 is 5.21. The van der Waals surface area contributed by atoms with Crippen LogP contribution >= 0.6 is 0 Å². The standard InChI is InChI=1S/C21H23NO3/c1-15-7-5-10-17(13-15)21(24)25-14-20(23)22(2)19-12-6-9-16-8-3-4-11-18(16)19/h3-5,7-8,10-11,13,19H,6,9,12,14H2,1-2H3/t19-/m1/s1. The monoisotopic (exact) mass is 337 g/mol. The first kappa shape index (κ1) is 17.2. The lowest BCUT2D eigenvalue weighted by atomic mass is 9.87. The Bertz CT molecular complexity index is 784. The Balaban J connectivity index is 1.63. The molecule has 0 aliphatic heterocycles. The van der Waals surface area contributed by atoms with Crippen molar-refractivity contribution < 1.29 is 14.3 Å². The van der Waals surface area contributed by atoms with Gasteiger partial charge in [-0.3, -0.25) is 4.79 Å². The molecule has 0 saturated heterocycles. The number of amides is 1. The number of hydrogen-bond donors (Lipinski definition) is 0. The number of benzene rings is 2. The van der Waals surface area contributed by atoms with Crippen molar-refractivity contribution in [3.63, 3.8) is 0 Å². The maximum absolute atomic E-state index is 12.5. The summed E-state index contributed by atoms with van der Waals surface area (Å²) in [4.78, 5) is 26.3. The average Bonchev–Trinajstić information content (AvgIpc) is 2.64. The van der Waals surface area contributed by atoms with Gasteiger partial charge in [-0.1, -0.05) is 42.0 Å². The molecule has 3 rings (SSSR count). The molecule has 0 fully saturated rings. The van der Waals surface area contributed by atoms with Crippen molar-refractivity contribution in [1.29, 1.82) is 0 Å². The first-order valence-corrected chi connectivity index (χ1v) is 8.63. The van der Waals surface area contributed by atoms with Gasteiger partial charge in [-0.25, -0.2) is 4.79 Å². The van der Waals surface area contributed by atoms with E-state index in [-0.39, 0.29) is 18.6 Å². The van der Waals surface area contributed by atoms with Crippen LogP contribution in [0.5, 0.6) is 0 Å². The Morgan fingerprint density at radius 3 is 2.76 bits per heavy atom. The van der Waals surface area contributed by atoms with Crippen LogP contribution in [0.3, 0.4) is 0 Å². The van der Waals surface area contributed by atoms with Crippen LogP contribution in [0.4, 0.5) is 0 Å². The molecule has 1 atom stereocenters. The predicted molar refractivity (Wildman–Crippen MR) is 96.4 cm³/mol. The highest BCUT2D eigenvalue weighted by Crippen LogP contribution is 2.33. The van der Waals surface area contributed by atoms with Gasteiger partial charge in [-0.15, -0.1) is 0 Å². The third-order valence-corrected chi connectivity index (χ3v) is 4.78. The van der Waals surface area contributed by atoms with Crippen LogP contribution in [0.15, 0.2) is 48.5 Å². The van der Waals surface area contributed by atoms with Crippen molar-refractivity contribution in [1.82, 2.24) is 4.90 Å². The molecule has 4 heteroatoms. The number of carbonyl (C=O) groups excluding carboxylic acids is 2. The average molecular weight is 337 g/mol. The second kappa shape index (κ2) is 7.51. The Morgan fingerprint density at radius 1 is 1.16 bits per heavy atom. The summed E-state index contributed by atoms with van der Waals surface area (Å²) in [5.74, 6) is -0.641. The van der Waals surface area contributed by atoms with Gasteiger partial charge in [0.05, 0.1) is 11.6 Å². The maximum atomic E-state index is 12.5. The summed E-state index contributed by atoms with van der Waals surface area (Å²) in [6.45, 7) is 1.68. The van der Waals surface area contributed by atoms with Gasteiger partial charge >= 0.3 is 5.97 Å². The first-order valence-electron chi connectivity index (χ1n) is 8.63. The maximum Gasteiger partial charge on any atom is 0.338 e. The van der Waals surface area contributed by atoms with Crippen molar-refractivity contribution in [3.8, 4) is 0 Å². The third kappa shape index (κ3) is 3.90. The van der Waals surface area contributed by atoms with Crippen LogP contribution in [-0.4, -0.2) is 30.4 Å². The molecule has 0 aromatic heterocycles. The highest BCUT2D eigenvalue weighted by Gasteiger charge is 2.27. The number of esters is 1. The molecule has 2 aromatic rings. The van der Waals surface area contributed by atoms with Gasteiger partial charge in [-0.2, -0.15) is 0 Å². The Morgan fingerprint density at radius 2 is 1.96 bits per heavy atom. The van der Waals surface area contributed by atoms with E-state index >= 15 is 0 Å². The Hall–Kier alpha value is -2.62. The van der Waals surface area contributed by atoms with Gasteiger partial charge in [0, 0.05) is 7.05 Å². The van der Waals surface area contributed by atoms with E-state index in [0.717, 1.165) is 24.8 Å². The van der Waals surface area contributed by atoms with Crippen molar-refractivity contribution in [2.24, 2.45) is 0 Å². The Kier molecular flexibility index (Phi) is 5.17. The van der Waals surface area contributed by atoms with E-state index < -0.39 is 5.97 Å². The molecular formula is C21H23NO3. The smallest absolute Gasteiger partial charge is 0.338 e. The number of fused-ring (bicyclic) bond motifs is 1. The second-order valence-corrected chi connectivity index (χ2v) is 6.56. The Labute approximate surface area is 148 Å². The van der Waals surface area contributed by atoms with Crippen LogP contribution in [0.25, 0.3) is 0 Å². The van der Waals surface area contributed by atoms with E-state index in [1.807, 2.05) is 25.1 Å². The van der Waals surface area contributed by atoms with Gasteiger partial charge < -0.3 is 9.64 Å². The van der Waals surface area contributed by atoms with Crippen molar-refractivity contribution in [2.75, 3.05) is 13.7 Å². The van der Waals surface area contributed by atoms with E-state index in [9.17, 15) is 9.59 Å². The predicted octanol–water partition coefficient (Wildman–Crippen LogP) is 3.69. The molecule has 25 heavy (non-hydrogen) atoms. The largest absolute Gasteiger partial charge is 0.452 e. The number of carbonyl (C=O) groups is 2. The van der Waals surface area contributed by atoms with Gasteiger partial charge in [0.1, 0.15) is 0 Å². The fourth-order valence-electron chi connectivity index (χ4n) is 3.39. The molecule has 1 amide bonds. The van der Waals surface area contributed by atoms with E-state index in [1.165, 1.54) is 11.1 Å². The first-order chi connectivity index (χ1) is 12.1. The van der Waals surface area contributed by atoms with Crippen LogP contribution in [0.2, 0.25) is 0 Å². The summed E-state index contributed by atoms with van der Waals surface area (Å²) in [7, 11) is 1.79. The van der Waals surface area contributed by atoms with E-state index in [0.29, 0.717) is 5.56 Å². The zero-order valence-corrected chi connectivity index (χ0v) is 14.7. The fraction of sp³-hybridized carbons (Fsp3) is 0.333. The van der Waals surface area contributed by atoms with E-state index in [4.69, 9.17) is 4.74 Å². The van der Waals surface area contributed by atoms with Gasteiger partial charge in [0.25, 0.3) is 5.91 Å². The second-order valence-electron chi connectivity index (χ2n) is 6.56. The lowest BCUT2D eigenvalue weighted by molar-refractivity contribution is -0.135. The molecule has 2 aromatic carbocycles. The lowest BCUT2D eigenvalue weighted by Gasteiger charge is -2.33. The molecule has 0 saturated carbocycles. The summed E-state index contributed by atoms with van der Waals surface area (Å²) in [6.07, 6.45) is 3.05. The van der Waals surface area contributed by atoms with Gasteiger partial charge in [0.15, 0.2) is 6.61 Å². The van der Waals surface area contributed by atoms with Crippen molar-refractivity contribution >= 4 is 11.9 Å². The van der Waals surface area contributed by atoms with Crippen LogP contribution in [-0.2, 0) is 16.0 Å².